The number of benzene rings is 1. The van der Waals surface area contributed by atoms with E-state index in [0.29, 0.717) is 0 Å². The first-order chi connectivity index (χ1) is 12.7. The van der Waals surface area contributed by atoms with Crippen molar-refractivity contribution in [2.24, 2.45) is 11.8 Å². The van der Waals surface area contributed by atoms with Crippen molar-refractivity contribution in [3.8, 4) is 0 Å². The third-order valence-corrected chi connectivity index (χ3v) is 7.12. The molecule has 4 heterocycles. The summed E-state index contributed by atoms with van der Waals surface area (Å²) in [5.41, 5.74) is -0.127. The first-order valence-corrected chi connectivity index (χ1v) is 10.2. The van der Waals surface area contributed by atoms with Crippen molar-refractivity contribution in [2.75, 3.05) is 11.9 Å². The van der Waals surface area contributed by atoms with Crippen LogP contribution >= 0.6 is 15.9 Å². The van der Waals surface area contributed by atoms with Crippen molar-refractivity contribution in [2.45, 2.75) is 50.7 Å². The average Bonchev–Trinajstić information content (AvgIpc) is 3.25. The Morgan fingerprint density at radius 2 is 1.93 bits per heavy atom. The lowest BCUT2D eigenvalue weighted by Gasteiger charge is -2.38. The Morgan fingerprint density at radius 1 is 1.19 bits per heavy atom. The van der Waals surface area contributed by atoms with Gasteiger partial charge in [-0.3, -0.25) is 24.2 Å². The molecule has 3 saturated heterocycles. The Bertz CT molecular complexity index is 908. The van der Waals surface area contributed by atoms with Gasteiger partial charge in [0.15, 0.2) is 0 Å². The van der Waals surface area contributed by atoms with E-state index in [1.54, 1.807) is 0 Å². The van der Waals surface area contributed by atoms with Gasteiger partial charge in [-0.25, -0.2) is 0 Å². The maximum atomic E-state index is 13.6. The van der Waals surface area contributed by atoms with Gasteiger partial charge in [0.05, 0.1) is 11.8 Å². The predicted molar refractivity (Wildman–Crippen MR) is 103 cm³/mol. The van der Waals surface area contributed by atoms with Gasteiger partial charge in [0, 0.05) is 27.3 Å². The number of carbonyl (C=O) groups excluding carboxylic acids is 3. The van der Waals surface area contributed by atoms with E-state index in [1.807, 2.05) is 39.0 Å². The molecule has 6 nitrogen and oxygen atoms in total. The molecule has 1 N–H and O–H groups in total. The fourth-order valence-corrected chi connectivity index (χ4v) is 6.20. The van der Waals surface area contributed by atoms with Crippen molar-refractivity contribution in [3.63, 3.8) is 0 Å². The molecule has 0 saturated carbocycles. The molecule has 3 fully saturated rings. The molecule has 1 spiro atoms. The number of rotatable bonds is 0. The predicted octanol–water partition coefficient (Wildman–Crippen LogP) is 2.47. The third-order valence-electron chi connectivity index (χ3n) is 6.63. The number of anilines is 1. The molecule has 4 atom stereocenters. The highest BCUT2D eigenvalue weighted by Gasteiger charge is 2.75. The minimum atomic E-state index is -1.09. The number of halogens is 1. The molecule has 1 aromatic carbocycles. The number of carbonyl (C=O) groups is 3. The van der Waals surface area contributed by atoms with Crippen LogP contribution in [-0.4, -0.2) is 45.6 Å². The zero-order valence-electron chi connectivity index (χ0n) is 15.6. The van der Waals surface area contributed by atoms with E-state index in [0.717, 1.165) is 35.1 Å². The monoisotopic (exact) mass is 431 g/mol. The van der Waals surface area contributed by atoms with Crippen molar-refractivity contribution in [3.05, 3.63) is 28.2 Å². The number of amides is 3. The van der Waals surface area contributed by atoms with Crippen LogP contribution < -0.4 is 5.32 Å². The van der Waals surface area contributed by atoms with Crippen LogP contribution in [0.1, 0.15) is 39.2 Å². The van der Waals surface area contributed by atoms with Crippen LogP contribution in [-0.2, 0) is 19.9 Å². The van der Waals surface area contributed by atoms with Gasteiger partial charge >= 0.3 is 0 Å². The van der Waals surface area contributed by atoms with E-state index in [4.69, 9.17) is 0 Å². The summed E-state index contributed by atoms with van der Waals surface area (Å²) in [5, 5.41) is 2.99. The van der Waals surface area contributed by atoms with Crippen molar-refractivity contribution >= 4 is 39.3 Å². The van der Waals surface area contributed by atoms with E-state index >= 15 is 0 Å². The van der Waals surface area contributed by atoms with Crippen LogP contribution in [0.15, 0.2) is 22.7 Å². The van der Waals surface area contributed by atoms with Crippen LogP contribution in [0.5, 0.6) is 0 Å². The van der Waals surface area contributed by atoms with Gasteiger partial charge in [0.2, 0.25) is 17.7 Å². The zero-order valence-corrected chi connectivity index (χ0v) is 17.2. The SMILES string of the molecule is CC(C)(C)N1C(=O)[C@@H]2[C@H]3CCCN3[C@]3(C(=O)Nc4ccc(Br)cc43)[C@@H]2C1=O. The summed E-state index contributed by atoms with van der Waals surface area (Å²) in [7, 11) is 0. The number of likely N-dealkylation sites (tertiary alicyclic amines) is 1. The molecule has 0 bridgehead atoms. The third kappa shape index (κ3) is 1.92. The summed E-state index contributed by atoms with van der Waals surface area (Å²) >= 11 is 3.51. The normalized spacial score (nSPS) is 35.0. The van der Waals surface area contributed by atoms with Crippen LogP contribution in [0.25, 0.3) is 0 Å². The Balaban J connectivity index is 1.77. The van der Waals surface area contributed by atoms with E-state index in [-0.39, 0.29) is 23.8 Å². The summed E-state index contributed by atoms with van der Waals surface area (Å²) < 4.78 is 0.862. The van der Waals surface area contributed by atoms with Crippen LogP contribution in [0.2, 0.25) is 0 Å². The molecule has 0 radical (unpaired) electrons. The quantitative estimate of drug-likeness (QED) is 0.640. The van der Waals surface area contributed by atoms with Gasteiger partial charge in [-0.05, 0) is 58.4 Å². The highest BCUT2D eigenvalue weighted by Crippen LogP contribution is 2.61. The van der Waals surface area contributed by atoms with Crippen molar-refractivity contribution in [1.29, 1.82) is 0 Å². The molecule has 4 aliphatic rings. The minimum absolute atomic E-state index is 0.0607. The molecule has 1 aromatic rings. The number of nitrogens with zero attached hydrogens (tertiary/aromatic N) is 2. The molecular formula is C20H22BrN3O3. The van der Waals surface area contributed by atoms with E-state index in [2.05, 4.69) is 26.1 Å². The number of hydrogen-bond donors (Lipinski definition) is 1. The lowest BCUT2D eigenvalue weighted by Crippen LogP contribution is -2.56. The molecule has 3 amide bonds. The van der Waals surface area contributed by atoms with Crippen LogP contribution in [0.3, 0.4) is 0 Å². The fraction of sp³-hybridized carbons (Fsp3) is 0.550. The number of fused-ring (bicyclic) bond motifs is 7. The minimum Gasteiger partial charge on any atom is -0.324 e. The average molecular weight is 432 g/mol. The first-order valence-electron chi connectivity index (χ1n) is 9.45. The Hall–Kier alpha value is -1.73. The van der Waals surface area contributed by atoms with E-state index < -0.39 is 22.9 Å². The smallest absolute Gasteiger partial charge is 0.250 e. The van der Waals surface area contributed by atoms with Gasteiger partial charge in [-0.1, -0.05) is 15.9 Å². The fourth-order valence-electron chi connectivity index (χ4n) is 5.84. The summed E-state index contributed by atoms with van der Waals surface area (Å²) in [4.78, 5) is 43.9. The van der Waals surface area contributed by atoms with E-state index in [1.165, 1.54) is 4.90 Å². The topological polar surface area (TPSA) is 69.7 Å². The molecule has 27 heavy (non-hydrogen) atoms. The molecule has 5 rings (SSSR count). The number of hydrogen-bond acceptors (Lipinski definition) is 4. The van der Waals surface area contributed by atoms with Gasteiger partial charge in [-0.2, -0.15) is 0 Å². The standard InChI is InChI=1S/C20H22BrN3O3/c1-19(2,3)24-16(25)14-13-5-4-8-23(13)20(15(14)17(24)26)11-9-10(21)6-7-12(11)22-18(20)27/h6-7,9,13-15H,4-5,8H2,1-3H3,(H,22,27)/t13-,14-,15+,20+/m1/s1. The maximum absolute atomic E-state index is 13.6. The highest BCUT2D eigenvalue weighted by molar-refractivity contribution is 9.10. The lowest BCUT2D eigenvalue weighted by molar-refractivity contribution is -0.150. The van der Waals surface area contributed by atoms with E-state index in [9.17, 15) is 14.4 Å². The van der Waals surface area contributed by atoms with Gasteiger partial charge in [0.1, 0.15) is 5.54 Å². The lowest BCUT2D eigenvalue weighted by atomic mass is 9.75. The molecule has 0 aromatic heterocycles. The molecule has 142 valence electrons. The summed E-state index contributed by atoms with van der Waals surface area (Å²) in [6.45, 7) is 6.36. The van der Waals surface area contributed by atoms with Crippen molar-refractivity contribution < 1.29 is 14.4 Å². The number of imide groups is 1. The Morgan fingerprint density at radius 3 is 2.63 bits per heavy atom. The highest BCUT2D eigenvalue weighted by atomic mass is 79.9. The second kappa shape index (κ2) is 5.20. The molecule has 4 aliphatic heterocycles. The Labute approximate surface area is 166 Å². The summed E-state index contributed by atoms with van der Waals surface area (Å²) in [5.74, 6) is -1.62. The van der Waals surface area contributed by atoms with Crippen LogP contribution in [0, 0.1) is 11.8 Å². The van der Waals surface area contributed by atoms with Crippen molar-refractivity contribution in [1.82, 2.24) is 9.80 Å². The molecular weight excluding hydrogens is 410 g/mol. The summed E-state index contributed by atoms with van der Waals surface area (Å²) in [6, 6.07) is 5.62. The Kier molecular flexibility index (Phi) is 3.35. The maximum Gasteiger partial charge on any atom is 0.250 e. The van der Waals surface area contributed by atoms with Gasteiger partial charge in [-0.15, -0.1) is 0 Å². The van der Waals surface area contributed by atoms with Crippen LogP contribution in [0.4, 0.5) is 5.69 Å². The van der Waals surface area contributed by atoms with Gasteiger partial charge < -0.3 is 5.32 Å². The number of nitrogens with one attached hydrogen (secondary N) is 1. The second-order valence-electron chi connectivity index (χ2n) is 9.00. The van der Waals surface area contributed by atoms with Gasteiger partial charge in [0.25, 0.3) is 0 Å². The largest absolute Gasteiger partial charge is 0.324 e. The molecule has 7 heteroatoms. The second-order valence-corrected chi connectivity index (χ2v) is 9.92. The summed E-state index contributed by atoms with van der Waals surface area (Å²) in [6.07, 6.45) is 1.78. The first kappa shape index (κ1) is 17.4. The molecule has 0 aliphatic carbocycles. The molecule has 0 unspecified atom stereocenters. The zero-order chi connectivity index (χ0) is 19.3.